The summed E-state index contributed by atoms with van der Waals surface area (Å²) < 4.78 is 0. The summed E-state index contributed by atoms with van der Waals surface area (Å²) in [6.07, 6.45) is 10.1. The van der Waals surface area contributed by atoms with Crippen molar-refractivity contribution in [1.29, 1.82) is 0 Å². The molecule has 140 valence electrons. The number of rotatable bonds is 3. The number of carbonyl (C=O) groups is 1. The van der Waals surface area contributed by atoms with E-state index in [-0.39, 0.29) is 11.8 Å². The van der Waals surface area contributed by atoms with E-state index in [1.54, 1.807) is 12.5 Å². The monoisotopic (exact) mass is 399 g/mol. The predicted molar refractivity (Wildman–Crippen MR) is 110 cm³/mol. The number of hydrogen-bond donors (Lipinski definition) is 1. The summed E-state index contributed by atoms with van der Waals surface area (Å²) in [6, 6.07) is 0. The third-order valence-electron chi connectivity index (χ3n) is 5.49. The van der Waals surface area contributed by atoms with Gasteiger partial charge < -0.3 is 10.2 Å². The van der Waals surface area contributed by atoms with Gasteiger partial charge in [0.05, 0.1) is 11.3 Å². The number of aryl methyl sites for hydroxylation is 2. The van der Waals surface area contributed by atoms with Crippen LogP contribution in [0.1, 0.15) is 36.1 Å². The van der Waals surface area contributed by atoms with Gasteiger partial charge in [0, 0.05) is 29.5 Å². The molecular weight excluding hydrogens is 378 g/mol. The predicted octanol–water partition coefficient (Wildman–Crippen LogP) is 3.88. The van der Waals surface area contributed by atoms with E-state index in [0.29, 0.717) is 11.7 Å². The average Bonchev–Trinajstić information content (AvgIpc) is 3.35. The lowest BCUT2D eigenvalue weighted by atomic mass is 9.95. The minimum absolute atomic E-state index is 0.0397. The fraction of sp³-hybridized carbons (Fsp3) is 0.474. The topological polar surface area (TPSA) is 71.0 Å². The highest BCUT2D eigenvalue weighted by Crippen LogP contribution is 2.40. The SMILES string of the molecule is O=C(Nc1nccs1)C1CCCN(c2ncnc3sc4c(c23)CCCC4)C1. The molecule has 1 saturated heterocycles. The second-order valence-electron chi connectivity index (χ2n) is 7.20. The summed E-state index contributed by atoms with van der Waals surface area (Å²) in [5.41, 5.74) is 1.45. The van der Waals surface area contributed by atoms with Gasteiger partial charge in [0.15, 0.2) is 5.13 Å². The number of thiazole rings is 1. The zero-order chi connectivity index (χ0) is 18.2. The minimum Gasteiger partial charge on any atom is -0.355 e. The molecule has 0 bridgehead atoms. The molecule has 2 aliphatic rings. The van der Waals surface area contributed by atoms with Gasteiger partial charge in [-0.2, -0.15) is 0 Å². The number of aromatic nitrogens is 3. The van der Waals surface area contributed by atoms with Crippen molar-refractivity contribution >= 4 is 49.7 Å². The third-order valence-corrected chi connectivity index (χ3v) is 7.37. The molecule has 1 aliphatic carbocycles. The fourth-order valence-corrected chi connectivity index (χ4v) is 5.94. The molecule has 1 unspecified atom stereocenters. The number of thiophene rings is 1. The second-order valence-corrected chi connectivity index (χ2v) is 9.18. The Morgan fingerprint density at radius 1 is 1.19 bits per heavy atom. The molecule has 1 atom stereocenters. The van der Waals surface area contributed by atoms with Crippen LogP contribution in [0.25, 0.3) is 10.2 Å². The summed E-state index contributed by atoms with van der Waals surface area (Å²) in [5, 5.41) is 6.74. The van der Waals surface area contributed by atoms with Gasteiger partial charge in [-0.05, 0) is 44.1 Å². The molecule has 5 rings (SSSR count). The molecule has 0 radical (unpaired) electrons. The van der Waals surface area contributed by atoms with E-state index in [1.807, 2.05) is 16.7 Å². The highest BCUT2D eigenvalue weighted by molar-refractivity contribution is 7.19. The summed E-state index contributed by atoms with van der Waals surface area (Å²) in [6.45, 7) is 1.64. The highest BCUT2D eigenvalue weighted by Gasteiger charge is 2.29. The maximum Gasteiger partial charge on any atom is 0.231 e. The number of carbonyl (C=O) groups excluding carboxylic acids is 1. The Morgan fingerprint density at radius 2 is 2.11 bits per heavy atom. The highest BCUT2D eigenvalue weighted by atomic mass is 32.1. The van der Waals surface area contributed by atoms with Gasteiger partial charge in [-0.25, -0.2) is 15.0 Å². The van der Waals surface area contributed by atoms with Crippen LogP contribution in [0.4, 0.5) is 10.9 Å². The van der Waals surface area contributed by atoms with Crippen molar-refractivity contribution in [2.24, 2.45) is 5.92 Å². The largest absolute Gasteiger partial charge is 0.355 e. The van der Waals surface area contributed by atoms with Gasteiger partial charge in [0.2, 0.25) is 5.91 Å². The molecule has 3 aromatic heterocycles. The quantitative estimate of drug-likeness (QED) is 0.724. The van der Waals surface area contributed by atoms with E-state index < -0.39 is 0 Å². The van der Waals surface area contributed by atoms with Gasteiger partial charge in [-0.15, -0.1) is 22.7 Å². The van der Waals surface area contributed by atoms with Crippen LogP contribution in [0.2, 0.25) is 0 Å². The van der Waals surface area contributed by atoms with Crippen molar-refractivity contribution in [2.45, 2.75) is 38.5 Å². The molecule has 8 heteroatoms. The summed E-state index contributed by atoms with van der Waals surface area (Å²) in [7, 11) is 0. The van der Waals surface area contributed by atoms with Gasteiger partial charge >= 0.3 is 0 Å². The van der Waals surface area contributed by atoms with Crippen molar-refractivity contribution in [2.75, 3.05) is 23.3 Å². The van der Waals surface area contributed by atoms with E-state index in [9.17, 15) is 4.79 Å². The first-order valence-electron chi connectivity index (χ1n) is 9.50. The number of amides is 1. The van der Waals surface area contributed by atoms with Crippen LogP contribution in [0.5, 0.6) is 0 Å². The molecule has 1 fully saturated rings. The van der Waals surface area contributed by atoms with E-state index in [4.69, 9.17) is 0 Å². The molecule has 27 heavy (non-hydrogen) atoms. The molecule has 0 saturated carbocycles. The van der Waals surface area contributed by atoms with Crippen molar-refractivity contribution in [3.63, 3.8) is 0 Å². The molecule has 0 spiro atoms. The molecular formula is C19H21N5OS2. The van der Waals surface area contributed by atoms with E-state index in [1.165, 1.54) is 40.0 Å². The van der Waals surface area contributed by atoms with Gasteiger partial charge in [-0.3, -0.25) is 4.79 Å². The Balaban J connectivity index is 1.42. The number of nitrogens with one attached hydrogen (secondary N) is 1. The molecule has 0 aromatic carbocycles. The smallest absolute Gasteiger partial charge is 0.231 e. The minimum atomic E-state index is -0.0397. The third kappa shape index (κ3) is 3.21. The normalized spacial score (nSPS) is 19.9. The Hall–Kier alpha value is -2.06. The van der Waals surface area contributed by atoms with Crippen LogP contribution in [-0.2, 0) is 17.6 Å². The number of hydrogen-bond acceptors (Lipinski definition) is 7. The van der Waals surface area contributed by atoms with Crippen molar-refractivity contribution in [3.8, 4) is 0 Å². The molecule has 4 heterocycles. The van der Waals surface area contributed by atoms with Crippen LogP contribution in [-0.4, -0.2) is 33.9 Å². The maximum absolute atomic E-state index is 12.7. The van der Waals surface area contributed by atoms with Crippen molar-refractivity contribution < 1.29 is 4.79 Å². The Morgan fingerprint density at radius 3 is 3.00 bits per heavy atom. The lowest BCUT2D eigenvalue weighted by Crippen LogP contribution is -2.41. The molecule has 1 N–H and O–H groups in total. The van der Waals surface area contributed by atoms with E-state index in [0.717, 1.165) is 42.9 Å². The average molecular weight is 400 g/mol. The zero-order valence-electron chi connectivity index (χ0n) is 15.0. The van der Waals surface area contributed by atoms with Crippen LogP contribution >= 0.6 is 22.7 Å². The van der Waals surface area contributed by atoms with Gasteiger partial charge in [0.1, 0.15) is 17.0 Å². The maximum atomic E-state index is 12.7. The molecule has 1 aliphatic heterocycles. The van der Waals surface area contributed by atoms with E-state index >= 15 is 0 Å². The number of piperidine rings is 1. The number of nitrogens with zero attached hydrogens (tertiary/aromatic N) is 4. The van der Waals surface area contributed by atoms with Crippen LogP contribution < -0.4 is 10.2 Å². The lowest BCUT2D eigenvalue weighted by molar-refractivity contribution is -0.120. The van der Waals surface area contributed by atoms with Crippen LogP contribution in [0, 0.1) is 5.92 Å². The summed E-state index contributed by atoms with van der Waals surface area (Å²) in [5.74, 6) is 1.04. The Bertz CT molecular complexity index is 968. The van der Waals surface area contributed by atoms with E-state index in [2.05, 4.69) is 25.2 Å². The summed E-state index contributed by atoms with van der Waals surface area (Å²) in [4.78, 5) is 30.9. The first-order valence-corrected chi connectivity index (χ1v) is 11.2. The fourth-order valence-electron chi connectivity index (χ4n) is 4.19. The van der Waals surface area contributed by atoms with Gasteiger partial charge in [-0.1, -0.05) is 0 Å². The second kappa shape index (κ2) is 7.16. The zero-order valence-corrected chi connectivity index (χ0v) is 16.6. The Kier molecular flexibility index (Phi) is 4.53. The molecule has 1 amide bonds. The van der Waals surface area contributed by atoms with Crippen molar-refractivity contribution in [3.05, 3.63) is 28.3 Å². The first-order chi connectivity index (χ1) is 13.3. The summed E-state index contributed by atoms with van der Waals surface area (Å²) >= 11 is 3.28. The standard InChI is InChI=1S/C19H21N5OS2/c25-17(23-19-20-7-9-26-19)12-4-3-8-24(10-12)16-15-13-5-1-2-6-14(13)27-18(15)22-11-21-16/h7,9,11-12H,1-6,8,10H2,(H,20,23,25). The van der Waals surface area contributed by atoms with Crippen LogP contribution in [0.3, 0.4) is 0 Å². The number of anilines is 2. The van der Waals surface area contributed by atoms with Crippen molar-refractivity contribution in [1.82, 2.24) is 15.0 Å². The van der Waals surface area contributed by atoms with Gasteiger partial charge in [0.25, 0.3) is 0 Å². The lowest BCUT2D eigenvalue weighted by Gasteiger charge is -2.33. The first kappa shape index (κ1) is 17.1. The van der Waals surface area contributed by atoms with Crippen LogP contribution in [0.15, 0.2) is 17.9 Å². The molecule has 3 aromatic rings. The number of fused-ring (bicyclic) bond motifs is 3. The molecule has 6 nitrogen and oxygen atoms in total. The Labute approximate surface area is 165 Å².